The highest BCUT2D eigenvalue weighted by molar-refractivity contribution is 6.00. The van der Waals surface area contributed by atoms with Crippen molar-refractivity contribution in [2.75, 3.05) is 62.6 Å². The van der Waals surface area contributed by atoms with Crippen molar-refractivity contribution >= 4 is 29.1 Å². The molecule has 2 heterocycles. The number of carbonyl (C=O) groups excluding carboxylic acids is 3. The highest BCUT2D eigenvalue weighted by Crippen LogP contribution is 2.32. The third kappa shape index (κ3) is 6.28. The summed E-state index contributed by atoms with van der Waals surface area (Å²) in [5.41, 5.74) is 2.30. The minimum absolute atomic E-state index is 0.0181. The minimum atomic E-state index is 0.0181. The van der Waals surface area contributed by atoms with Gasteiger partial charge >= 0.3 is 0 Å². The van der Waals surface area contributed by atoms with Gasteiger partial charge in [-0.1, -0.05) is 32.1 Å². The second-order valence-corrected chi connectivity index (χ2v) is 11.2. The van der Waals surface area contributed by atoms with Crippen LogP contribution in [0.2, 0.25) is 0 Å². The Morgan fingerprint density at radius 2 is 1.43 bits per heavy atom. The van der Waals surface area contributed by atoms with Crippen LogP contribution in [0.5, 0.6) is 0 Å². The molecular weight excluding hydrogens is 466 g/mol. The number of benzene rings is 1. The van der Waals surface area contributed by atoms with Gasteiger partial charge in [-0.05, 0) is 50.3 Å². The second kappa shape index (κ2) is 12.3. The largest absolute Gasteiger partial charge is 0.368 e. The van der Waals surface area contributed by atoms with E-state index in [2.05, 4.69) is 20.4 Å². The molecule has 2 saturated carbocycles. The van der Waals surface area contributed by atoms with Gasteiger partial charge < -0.3 is 25.3 Å². The van der Waals surface area contributed by atoms with Gasteiger partial charge in [0.1, 0.15) is 0 Å². The Kier molecular flexibility index (Phi) is 8.64. The maximum absolute atomic E-state index is 13.2. The predicted octanol–water partition coefficient (Wildman–Crippen LogP) is 3.48. The molecule has 0 aromatic heterocycles. The Labute approximate surface area is 221 Å². The monoisotopic (exact) mass is 509 g/mol. The van der Waals surface area contributed by atoms with E-state index >= 15 is 0 Å². The molecule has 2 N–H and O–H groups in total. The van der Waals surface area contributed by atoms with E-state index < -0.39 is 0 Å². The number of amides is 3. The number of rotatable bonds is 5. The van der Waals surface area contributed by atoms with E-state index in [-0.39, 0.29) is 23.7 Å². The third-order valence-electron chi connectivity index (χ3n) is 8.73. The summed E-state index contributed by atoms with van der Waals surface area (Å²) < 4.78 is 0. The lowest BCUT2D eigenvalue weighted by molar-refractivity contribution is -0.136. The van der Waals surface area contributed by atoms with Crippen LogP contribution in [0.4, 0.5) is 11.4 Å². The molecule has 0 atom stereocenters. The van der Waals surface area contributed by atoms with Gasteiger partial charge in [-0.25, -0.2) is 0 Å². The van der Waals surface area contributed by atoms with E-state index in [4.69, 9.17) is 0 Å². The molecule has 8 heteroatoms. The van der Waals surface area contributed by atoms with E-state index in [9.17, 15) is 14.4 Å². The van der Waals surface area contributed by atoms with Crippen molar-refractivity contribution in [3.63, 3.8) is 0 Å². The summed E-state index contributed by atoms with van der Waals surface area (Å²) in [5, 5.41) is 6.50. The Morgan fingerprint density at radius 1 is 0.730 bits per heavy atom. The van der Waals surface area contributed by atoms with Gasteiger partial charge in [0.15, 0.2) is 0 Å². The fourth-order valence-electron chi connectivity index (χ4n) is 6.50. The Hall–Kier alpha value is -2.61. The minimum Gasteiger partial charge on any atom is -0.368 e. The van der Waals surface area contributed by atoms with Crippen LogP contribution in [0.1, 0.15) is 74.6 Å². The molecule has 8 nitrogen and oxygen atoms in total. The molecule has 0 radical (unpaired) electrons. The van der Waals surface area contributed by atoms with Gasteiger partial charge in [-0.2, -0.15) is 0 Å². The van der Waals surface area contributed by atoms with Crippen molar-refractivity contribution in [1.29, 1.82) is 0 Å². The van der Waals surface area contributed by atoms with Gasteiger partial charge in [0.25, 0.3) is 5.91 Å². The van der Waals surface area contributed by atoms with Gasteiger partial charge in [0, 0.05) is 69.8 Å². The van der Waals surface area contributed by atoms with Crippen molar-refractivity contribution in [3.8, 4) is 0 Å². The molecule has 202 valence electrons. The first-order chi connectivity index (χ1) is 18.1. The number of carbonyl (C=O) groups is 3. The number of nitrogens with one attached hydrogen (secondary N) is 2. The number of anilines is 2. The average molecular weight is 510 g/mol. The highest BCUT2D eigenvalue weighted by atomic mass is 16.2. The quantitative estimate of drug-likeness (QED) is 0.635. The molecule has 37 heavy (non-hydrogen) atoms. The van der Waals surface area contributed by atoms with Crippen LogP contribution >= 0.6 is 0 Å². The molecule has 3 amide bonds. The molecule has 4 fully saturated rings. The third-order valence-corrected chi connectivity index (χ3v) is 8.73. The first-order valence-electron chi connectivity index (χ1n) is 14.6. The summed E-state index contributed by atoms with van der Waals surface area (Å²) in [7, 11) is 0. The van der Waals surface area contributed by atoms with Gasteiger partial charge in [0.2, 0.25) is 11.8 Å². The summed E-state index contributed by atoms with van der Waals surface area (Å²) in [4.78, 5) is 45.8. The summed E-state index contributed by atoms with van der Waals surface area (Å²) in [6, 6.07) is 5.78. The van der Waals surface area contributed by atoms with Crippen LogP contribution in [0.25, 0.3) is 0 Å². The van der Waals surface area contributed by atoms with Crippen LogP contribution in [-0.4, -0.2) is 79.9 Å². The Bertz CT molecular complexity index is 964. The molecule has 1 aromatic carbocycles. The lowest BCUT2D eigenvalue weighted by Crippen LogP contribution is -2.46. The highest BCUT2D eigenvalue weighted by Gasteiger charge is 2.29. The maximum Gasteiger partial charge on any atom is 0.254 e. The maximum atomic E-state index is 13.2. The number of nitrogens with zero attached hydrogens (tertiary/aromatic N) is 3. The standard InChI is InChI=1S/C29H43N5O3/c35-27(22-7-4-5-8-22)31-25-21-24(29(37)34-17-13-30-14-18-34)11-12-26(25)32-15-6-16-33(20-19-32)28(36)23-9-2-1-3-10-23/h11-12,21-23,30H,1-10,13-20H2,(H,31,35). The first-order valence-corrected chi connectivity index (χ1v) is 14.6. The van der Waals surface area contributed by atoms with E-state index in [1.807, 2.05) is 23.1 Å². The topological polar surface area (TPSA) is 85.0 Å². The van der Waals surface area contributed by atoms with E-state index in [0.29, 0.717) is 31.1 Å². The normalized spacial score (nSPS) is 22.1. The van der Waals surface area contributed by atoms with Gasteiger partial charge in [-0.15, -0.1) is 0 Å². The molecule has 0 spiro atoms. The lowest BCUT2D eigenvalue weighted by atomic mass is 9.88. The fraction of sp³-hybridized carbons (Fsp3) is 0.690. The van der Waals surface area contributed by atoms with Gasteiger partial charge in [0.05, 0.1) is 11.4 Å². The van der Waals surface area contributed by atoms with Crippen molar-refractivity contribution in [2.45, 2.75) is 64.2 Å². The van der Waals surface area contributed by atoms with Crippen LogP contribution in [0.3, 0.4) is 0 Å². The Balaban J connectivity index is 1.33. The predicted molar refractivity (Wildman–Crippen MR) is 146 cm³/mol. The molecule has 0 unspecified atom stereocenters. The Morgan fingerprint density at radius 3 is 2.19 bits per heavy atom. The van der Waals surface area contributed by atoms with Crippen molar-refractivity contribution < 1.29 is 14.4 Å². The number of hydrogen-bond donors (Lipinski definition) is 2. The van der Waals surface area contributed by atoms with Crippen LogP contribution < -0.4 is 15.5 Å². The molecule has 4 aliphatic rings. The lowest BCUT2D eigenvalue weighted by Gasteiger charge is -2.30. The molecule has 2 aliphatic heterocycles. The van der Waals surface area contributed by atoms with E-state index in [1.165, 1.54) is 19.3 Å². The van der Waals surface area contributed by atoms with Crippen molar-refractivity contribution in [2.24, 2.45) is 11.8 Å². The summed E-state index contributed by atoms with van der Waals surface area (Å²) in [5.74, 6) is 0.650. The number of piperazine rings is 1. The fourth-order valence-corrected chi connectivity index (χ4v) is 6.50. The van der Waals surface area contributed by atoms with Crippen molar-refractivity contribution in [3.05, 3.63) is 23.8 Å². The average Bonchev–Trinajstić information content (AvgIpc) is 3.39. The molecule has 2 saturated heterocycles. The smallest absolute Gasteiger partial charge is 0.254 e. The molecule has 2 aliphatic carbocycles. The zero-order valence-electron chi connectivity index (χ0n) is 22.2. The summed E-state index contributed by atoms with van der Waals surface area (Å²) in [6.07, 6.45) is 10.6. The van der Waals surface area contributed by atoms with Gasteiger partial charge in [-0.3, -0.25) is 14.4 Å². The van der Waals surface area contributed by atoms with E-state index in [0.717, 1.165) is 89.0 Å². The van der Waals surface area contributed by atoms with Crippen molar-refractivity contribution in [1.82, 2.24) is 15.1 Å². The molecule has 1 aromatic rings. The van der Waals surface area contributed by atoms with E-state index in [1.54, 1.807) is 0 Å². The number of hydrogen-bond acceptors (Lipinski definition) is 5. The molecular formula is C29H43N5O3. The summed E-state index contributed by atoms with van der Waals surface area (Å²) >= 11 is 0. The molecule has 0 bridgehead atoms. The summed E-state index contributed by atoms with van der Waals surface area (Å²) in [6.45, 7) is 6.05. The SMILES string of the molecule is O=C(Nc1cc(C(=O)N2CCNCC2)ccc1N1CCCN(C(=O)C2CCCCC2)CC1)C1CCCC1. The van der Waals surface area contributed by atoms with Crippen LogP contribution in [0.15, 0.2) is 18.2 Å². The zero-order valence-corrected chi connectivity index (χ0v) is 22.2. The van der Waals surface area contributed by atoms with Crippen LogP contribution in [0, 0.1) is 11.8 Å². The first kappa shape index (κ1) is 26.0. The second-order valence-electron chi connectivity index (χ2n) is 11.2. The zero-order chi connectivity index (χ0) is 25.6. The van der Waals surface area contributed by atoms with Crippen LogP contribution in [-0.2, 0) is 9.59 Å². The molecule has 5 rings (SSSR count).